The summed E-state index contributed by atoms with van der Waals surface area (Å²) < 4.78 is 0. The van der Waals surface area contributed by atoms with Gasteiger partial charge in [-0.3, -0.25) is 14.9 Å². The van der Waals surface area contributed by atoms with E-state index in [0.717, 1.165) is 0 Å². The number of primary amides is 1. The van der Waals surface area contributed by atoms with Crippen LogP contribution in [-0.4, -0.2) is 28.9 Å². The minimum Gasteiger partial charge on any atom is -0.368 e. The van der Waals surface area contributed by atoms with Gasteiger partial charge in [0.2, 0.25) is 5.91 Å². The maximum atomic E-state index is 11.0. The molecular formula is C11H16N4O3. The van der Waals surface area contributed by atoms with E-state index in [9.17, 15) is 14.9 Å². The van der Waals surface area contributed by atoms with Crippen molar-refractivity contribution in [2.24, 2.45) is 11.7 Å². The summed E-state index contributed by atoms with van der Waals surface area (Å²) in [5, 5.41) is 10.5. The Kier molecular flexibility index (Phi) is 4.59. The zero-order valence-corrected chi connectivity index (χ0v) is 10.4. The number of carbonyl (C=O) groups is 1. The van der Waals surface area contributed by atoms with Crippen LogP contribution in [0, 0.1) is 16.0 Å². The third kappa shape index (κ3) is 4.00. The van der Waals surface area contributed by atoms with Crippen molar-refractivity contribution in [3.63, 3.8) is 0 Å². The number of nitro groups is 1. The van der Waals surface area contributed by atoms with Crippen LogP contribution in [0.25, 0.3) is 0 Å². The summed E-state index contributed by atoms with van der Waals surface area (Å²) in [5.41, 5.74) is 5.09. The fourth-order valence-electron chi connectivity index (χ4n) is 1.54. The van der Waals surface area contributed by atoms with Crippen molar-refractivity contribution < 1.29 is 9.72 Å². The lowest BCUT2D eigenvalue weighted by Gasteiger charge is -2.23. The van der Waals surface area contributed by atoms with Crippen LogP contribution in [0.4, 0.5) is 11.5 Å². The second-order valence-electron chi connectivity index (χ2n) is 4.37. The molecule has 0 aromatic carbocycles. The Bertz CT molecular complexity index is 430. The molecule has 0 atom stereocenters. The Hall–Kier alpha value is -2.18. The van der Waals surface area contributed by atoms with E-state index in [0.29, 0.717) is 18.3 Å². The Labute approximate surface area is 105 Å². The van der Waals surface area contributed by atoms with E-state index in [1.165, 1.54) is 18.3 Å². The maximum absolute atomic E-state index is 11.0. The fraction of sp³-hybridized carbons (Fsp3) is 0.455. The highest BCUT2D eigenvalue weighted by molar-refractivity contribution is 5.79. The smallest absolute Gasteiger partial charge is 0.287 e. The first-order valence-corrected chi connectivity index (χ1v) is 5.54. The molecule has 0 bridgehead atoms. The molecule has 1 rings (SSSR count). The first kappa shape index (κ1) is 13.9. The minimum absolute atomic E-state index is 0.0446. The van der Waals surface area contributed by atoms with Gasteiger partial charge in [0, 0.05) is 12.6 Å². The molecule has 1 aromatic heterocycles. The molecule has 0 unspecified atom stereocenters. The average molecular weight is 252 g/mol. The standard InChI is InChI=1S/C11H16N4O3/c1-8(2)6-14(7-10(12)16)11-4-3-9(5-13-11)15(17)18/h3-5,8H,6-7H2,1-2H3,(H2,12,16). The largest absolute Gasteiger partial charge is 0.368 e. The molecule has 0 aliphatic heterocycles. The molecule has 2 N–H and O–H groups in total. The lowest BCUT2D eigenvalue weighted by molar-refractivity contribution is -0.385. The van der Waals surface area contributed by atoms with Crippen LogP contribution in [-0.2, 0) is 4.79 Å². The lowest BCUT2D eigenvalue weighted by Crippen LogP contribution is -2.36. The van der Waals surface area contributed by atoms with Gasteiger partial charge in [-0.05, 0) is 12.0 Å². The van der Waals surface area contributed by atoms with Crippen LogP contribution in [0.3, 0.4) is 0 Å². The summed E-state index contributed by atoms with van der Waals surface area (Å²) >= 11 is 0. The second-order valence-corrected chi connectivity index (χ2v) is 4.37. The van der Waals surface area contributed by atoms with Crippen molar-refractivity contribution in [1.82, 2.24) is 4.98 Å². The quantitative estimate of drug-likeness (QED) is 0.599. The van der Waals surface area contributed by atoms with E-state index in [4.69, 9.17) is 5.73 Å². The number of nitrogens with two attached hydrogens (primary N) is 1. The minimum atomic E-state index is -0.516. The van der Waals surface area contributed by atoms with Crippen molar-refractivity contribution >= 4 is 17.4 Å². The lowest BCUT2D eigenvalue weighted by atomic mass is 10.2. The number of carbonyl (C=O) groups excluding carboxylic acids is 1. The summed E-state index contributed by atoms with van der Waals surface area (Å²) in [5.74, 6) is 0.366. The topological polar surface area (TPSA) is 102 Å². The molecule has 7 heteroatoms. The molecule has 0 radical (unpaired) electrons. The number of rotatable bonds is 6. The van der Waals surface area contributed by atoms with Gasteiger partial charge in [0.1, 0.15) is 12.0 Å². The molecule has 98 valence electrons. The molecule has 0 fully saturated rings. The summed E-state index contributed by atoms with van der Waals surface area (Å²) in [4.78, 5) is 26.7. The van der Waals surface area contributed by atoms with Gasteiger partial charge in [0.15, 0.2) is 0 Å². The third-order valence-corrected chi connectivity index (χ3v) is 2.20. The summed E-state index contributed by atoms with van der Waals surface area (Å²) in [6, 6.07) is 2.88. The second kappa shape index (κ2) is 5.95. The van der Waals surface area contributed by atoms with Gasteiger partial charge in [0.05, 0.1) is 11.5 Å². The van der Waals surface area contributed by atoms with Gasteiger partial charge >= 0.3 is 0 Å². The molecule has 1 aromatic rings. The summed E-state index contributed by atoms with van der Waals surface area (Å²) in [6.45, 7) is 4.65. The molecule has 1 heterocycles. The Morgan fingerprint density at radius 2 is 2.22 bits per heavy atom. The maximum Gasteiger partial charge on any atom is 0.287 e. The first-order valence-electron chi connectivity index (χ1n) is 5.54. The van der Waals surface area contributed by atoms with Crippen molar-refractivity contribution in [3.05, 3.63) is 28.4 Å². The zero-order valence-electron chi connectivity index (χ0n) is 10.4. The van der Waals surface area contributed by atoms with Gasteiger partial charge < -0.3 is 10.6 Å². The van der Waals surface area contributed by atoms with Gasteiger partial charge in [-0.25, -0.2) is 4.98 Å². The monoisotopic (exact) mass is 252 g/mol. The van der Waals surface area contributed by atoms with Crippen LogP contribution in [0.15, 0.2) is 18.3 Å². The van der Waals surface area contributed by atoms with E-state index in [1.807, 2.05) is 13.8 Å². The molecular weight excluding hydrogens is 236 g/mol. The van der Waals surface area contributed by atoms with Crippen LogP contribution in [0.2, 0.25) is 0 Å². The SMILES string of the molecule is CC(C)CN(CC(N)=O)c1ccc([N+](=O)[O-])cn1. The van der Waals surface area contributed by atoms with E-state index in [-0.39, 0.29) is 12.2 Å². The predicted molar refractivity (Wildman–Crippen MR) is 67.1 cm³/mol. The number of hydrogen-bond donors (Lipinski definition) is 1. The van der Waals surface area contributed by atoms with E-state index >= 15 is 0 Å². The van der Waals surface area contributed by atoms with Gasteiger partial charge in [-0.15, -0.1) is 0 Å². The molecule has 7 nitrogen and oxygen atoms in total. The number of aromatic nitrogens is 1. The van der Waals surface area contributed by atoms with Crippen LogP contribution < -0.4 is 10.6 Å². The highest BCUT2D eigenvalue weighted by atomic mass is 16.6. The predicted octanol–water partition coefficient (Wildman–Crippen LogP) is 0.938. The summed E-state index contributed by atoms with van der Waals surface area (Å²) in [7, 11) is 0. The van der Waals surface area contributed by atoms with E-state index in [1.54, 1.807) is 4.90 Å². The summed E-state index contributed by atoms with van der Waals surface area (Å²) in [6.07, 6.45) is 1.17. The molecule has 0 aliphatic carbocycles. The molecule has 0 aliphatic rings. The van der Waals surface area contributed by atoms with Crippen molar-refractivity contribution in [1.29, 1.82) is 0 Å². The molecule has 0 saturated heterocycles. The van der Waals surface area contributed by atoms with E-state index < -0.39 is 10.8 Å². The van der Waals surface area contributed by atoms with Crippen molar-refractivity contribution in [3.8, 4) is 0 Å². The van der Waals surface area contributed by atoms with E-state index in [2.05, 4.69) is 4.98 Å². The normalized spacial score (nSPS) is 10.4. The Morgan fingerprint density at radius 3 is 2.61 bits per heavy atom. The molecule has 0 saturated carbocycles. The average Bonchev–Trinajstić information content (AvgIpc) is 2.27. The number of nitrogens with zero attached hydrogens (tertiary/aromatic N) is 3. The zero-order chi connectivity index (χ0) is 13.7. The van der Waals surface area contributed by atoms with Crippen LogP contribution in [0.5, 0.6) is 0 Å². The molecule has 0 spiro atoms. The molecule has 18 heavy (non-hydrogen) atoms. The van der Waals surface area contributed by atoms with Gasteiger partial charge in [-0.1, -0.05) is 13.8 Å². The van der Waals surface area contributed by atoms with Gasteiger partial charge in [0.25, 0.3) is 5.69 Å². The Balaban J connectivity index is 2.90. The highest BCUT2D eigenvalue weighted by Gasteiger charge is 2.14. The van der Waals surface area contributed by atoms with Gasteiger partial charge in [-0.2, -0.15) is 0 Å². The Morgan fingerprint density at radius 1 is 1.56 bits per heavy atom. The van der Waals surface area contributed by atoms with Crippen molar-refractivity contribution in [2.45, 2.75) is 13.8 Å². The van der Waals surface area contributed by atoms with Crippen LogP contribution >= 0.6 is 0 Å². The number of hydrogen-bond acceptors (Lipinski definition) is 5. The van der Waals surface area contributed by atoms with Crippen LogP contribution in [0.1, 0.15) is 13.8 Å². The number of pyridine rings is 1. The first-order chi connectivity index (χ1) is 8.40. The molecule has 1 amide bonds. The number of anilines is 1. The van der Waals surface area contributed by atoms with Crippen molar-refractivity contribution in [2.75, 3.05) is 18.0 Å². The number of amides is 1. The highest BCUT2D eigenvalue weighted by Crippen LogP contribution is 2.16. The third-order valence-electron chi connectivity index (χ3n) is 2.20. The fourth-order valence-corrected chi connectivity index (χ4v) is 1.54.